The zero-order chi connectivity index (χ0) is 20.4. The number of esters is 1. The lowest BCUT2D eigenvalue weighted by Gasteiger charge is -2.13. The zero-order valence-corrected chi connectivity index (χ0v) is 16.6. The van der Waals surface area contributed by atoms with E-state index in [4.69, 9.17) is 21.1 Å². The third-order valence-electron chi connectivity index (χ3n) is 4.89. The molecule has 3 aromatic rings. The van der Waals surface area contributed by atoms with Crippen molar-refractivity contribution < 1.29 is 19.1 Å². The maximum atomic E-state index is 12.9. The van der Waals surface area contributed by atoms with Crippen LogP contribution in [0, 0.1) is 0 Å². The fourth-order valence-corrected chi connectivity index (χ4v) is 3.78. The Labute approximate surface area is 172 Å². The second-order valence-electron chi connectivity index (χ2n) is 6.75. The Balaban J connectivity index is 1.52. The molecule has 6 nitrogen and oxygen atoms in total. The molecule has 1 heterocycles. The topological polar surface area (TPSA) is 77.5 Å². The molecular formula is C22H19ClN2O4. The van der Waals surface area contributed by atoms with Gasteiger partial charge < -0.3 is 14.8 Å². The zero-order valence-electron chi connectivity index (χ0n) is 15.8. The van der Waals surface area contributed by atoms with Crippen molar-refractivity contribution in [2.75, 3.05) is 19.0 Å². The van der Waals surface area contributed by atoms with E-state index in [1.54, 1.807) is 18.2 Å². The molecule has 2 aromatic carbocycles. The van der Waals surface area contributed by atoms with Crippen LogP contribution in [0.5, 0.6) is 5.75 Å². The van der Waals surface area contributed by atoms with E-state index in [1.165, 1.54) is 7.11 Å². The van der Waals surface area contributed by atoms with Crippen LogP contribution in [0.25, 0.3) is 10.9 Å². The number of carbonyl (C=O) groups excluding carboxylic acids is 2. The smallest absolute Gasteiger partial charge is 0.339 e. The van der Waals surface area contributed by atoms with Crippen molar-refractivity contribution in [1.82, 2.24) is 4.98 Å². The summed E-state index contributed by atoms with van der Waals surface area (Å²) in [5, 5.41) is 3.86. The number of nitrogens with one attached hydrogen (secondary N) is 1. The molecule has 0 saturated carbocycles. The molecule has 0 radical (unpaired) electrons. The fraction of sp³-hybridized carbons (Fsp3) is 0.227. The van der Waals surface area contributed by atoms with E-state index in [2.05, 4.69) is 10.3 Å². The molecule has 1 amide bonds. The maximum absolute atomic E-state index is 12.9. The Morgan fingerprint density at radius 2 is 2.00 bits per heavy atom. The predicted octanol–water partition coefficient (Wildman–Crippen LogP) is 4.18. The second kappa shape index (κ2) is 8.09. The molecule has 0 bridgehead atoms. The van der Waals surface area contributed by atoms with Crippen LogP contribution in [0.4, 0.5) is 5.69 Å². The molecular weight excluding hydrogens is 392 g/mol. The van der Waals surface area contributed by atoms with Gasteiger partial charge in [-0.1, -0.05) is 29.8 Å². The van der Waals surface area contributed by atoms with Gasteiger partial charge in [-0.3, -0.25) is 9.78 Å². The monoisotopic (exact) mass is 410 g/mol. The number of benzene rings is 2. The average molecular weight is 411 g/mol. The highest BCUT2D eigenvalue weighted by Crippen LogP contribution is 2.31. The summed E-state index contributed by atoms with van der Waals surface area (Å²) in [7, 11) is 1.49. The van der Waals surface area contributed by atoms with Crippen LogP contribution in [0.3, 0.4) is 0 Å². The van der Waals surface area contributed by atoms with E-state index >= 15 is 0 Å². The Morgan fingerprint density at radius 1 is 1.17 bits per heavy atom. The van der Waals surface area contributed by atoms with Crippen LogP contribution >= 0.6 is 11.6 Å². The first-order valence-corrected chi connectivity index (χ1v) is 9.65. The van der Waals surface area contributed by atoms with Crippen molar-refractivity contribution in [3.05, 3.63) is 64.3 Å². The van der Waals surface area contributed by atoms with Crippen LogP contribution < -0.4 is 10.1 Å². The minimum atomic E-state index is -0.519. The summed E-state index contributed by atoms with van der Waals surface area (Å²) < 4.78 is 10.6. The molecule has 1 aliphatic carbocycles. The second-order valence-corrected chi connectivity index (χ2v) is 7.19. The lowest BCUT2D eigenvalue weighted by Crippen LogP contribution is -2.22. The lowest BCUT2D eigenvalue weighted by molar-refractivity contribution is -0.119. The molecule has 29 heavy (non-hydrogen) atoms. The van der Waals surface area contributed by atoms with Gasteiger partial charge in [0.15, 0.2) is 6.61 Å². The van der Waals surface area contributed by atoms with E-state index < -0.39 is 18.5 Å². The molecule has 1 aliphatic rings. The highest BCUT2D eigenvalue weighted by molar-refractivity contribution is 6.31. The molecule has 1 aromatic heterocycles. The standard InChI is InChI=1S/C22H19ClN2O4/c1-28-19-10-9-13(23)11-18(19)25-20(26)12-29-22(27)21-14-5-2-3-7-16(14)24-17-8-4-6-15(17)21/h2-3,5,7,9-11H,4,6,8,12H2,1H3,(H,25,26). The summed E-state index contributed by atoms with van der Waals surface area (Å²) in [6, 6.07) is 12.4. The van der Waals surface area contributed by atoms with Crippen molar-refractivity contribution in [3.63, 3.8) is 0 Å². The molecule has 0 aliphatic heterocycles. The number of para-hydroxylation sites is 1. The van der Waals surface area contributed by atoms with E-state index in [0.29, 0.717) is 22.0 Å². The first kappa shape index (κ1) is 19.2. The molecule has 4 rings (SSSR count). The van der Waals surface area contributed by atoms with E-state index in [-0.39, 0.29) is 0 Å². The molecule has 148 valence electrons. The Kier molecular flexibility index (Phi) is 5.36. The summed E-state index contributed by atoms with van der Waals surface area (Å²) >= 11 is 5.98. The normalized spacial score (nSPS) is 12.5. The Bertz CT molecular complexity index is 1110. The first-order chi connectivity index (χ1) is 14.1. The predicted molar refractivity (Wildman–Crippen MR) is 111 cm³/mol. The number of aryl methyl sites for hydroxylation is 1. The minimum absolute atomic E-state index is 0.413. The summed E-state index contributed by atoms with van der Waals surface area (Å²) in [6.07, 6.45) is 2.58. The molecule has 1 N–H and O–H groups in total. The molecule has 0 saturated heterocycles. The number of ether oxygens (including phenoxy) is 2. The van der Waals surface area contributed by atoms with Crippen LogP contribution in [-0.4, -0.2) is 30.6 Å². The lowest BCUT2D eigenvalue weighted by atomic mass is 10.0. The number of amides is 1. The van der Waals surface area contributed by atoms with Crippen LogP contribution in [0.2, 0.25) is 5.02 Å². The molecule has 0 spiro atoms. The number of hydrogen-bond donors (Lipinski definition) is 1. The van der Waals surface area contributed by atoms with Gasteiger partial charge in [0, 0.05) is 16.1 Å². The largest absolute Gasteiger partial charge is 0.495 e. The van der Waals surface area contributed by atoms with Crippen LogP contribution in [-0.2, 0) is 22.4 Å². The van der Waals surface area contributed by atoms with Crippen LogP contribution in [0.15, 0.2) is 42.5 Å². The summed E-state index contributed by atoms with van der Waals surface area (Å²) in [5.41, 5.74) is 3.54. The van der Waals surface area contributed by atoms with Crippen molar-refractivity contribution in [2.45, 2.75) is 19.3 Å². The fourth-order valence-electron chi connectivity index (χ4n) is 3.61. The molecule has 7 heteroatoms. The van der Waals surface area contributed by atoms with Crippen molar-refractivity contribution in [3.8, 4) is 5.75 Å². The quantitative estimate of drug-likeness (QED) is 0.638. The van der Waals surface area contributed by atoms with Crippen LogP contribution in [0.1, 0.15) is 28.0 Å². The van der Waals surface area contributed by atoms with Gasteiger partial charge >= 0.3 is 5.97 Å². The van der Waals surface area contributed by atoms with Gasteiger partial charge in [-0.2, -0.15) is 0 Å². The van der Waals surface area contributed by atoms with Crippen molar-refractivity contribution in [2.24, 2.45) is 0 Å². The van der Waals surface area contributed by atoms with Gasteiger partial charge in [0.05, 0.1) is 23.9 Å². The minimum Gasteiger partial charge on any atom is -0.495 e. The third-order valence-corrected chi connectivity index (χ3v) is 5.13. The number of aromatic nitrogens is 1. The Morgan fingerprint density at radius 3 is 2.83 bits per heavy atom. The van der Waals surface area contributed by atoms with Gasteiger partial charge in [-0.15, -0.1) is 0 Å². The Hall–Kier alpha value is -3.12. The highest BCUT2D eigenvalue weighted by Gasteiger charge is 2.25. The van der Waals surface area contributed by atoms with Gasteiger partial charge in [-0.05, 0) is 49.1 Å². The number of carbonyl (C=O) groups is 2. The molecule has 0 fully saturated rings. The van der Waals surface area contributed by atoms with Crippen molar-refractivity contribution in [1.29, 1.82) is 0 Å². The number of methoxy groups -OCH3 is 1. The van der Waals surface area contributed by atoms with Gasteiger partial charge in [0.25, 0.3) is 5.91 Å². The van der Waals surface area contributed by atoms with Gasteiger partial charge in [0.1, 0.15) is 5.75 Å². The number of anilines is 1. The third kappa shape index (κ3) is 3.89. The number of pyridine rings is 1. The summed E-state index contributed by atoms with van der Waals surface area (Å²) in [6.45, 7) is -0.417. The van der Waals surface area contributed by atoms with Gasteiger partial charge in [-0.25, -0.2) is 4.79 Å². The number of halogens is 1. The summed E-state index contributed by atoms with van der Waals surface area (Å²) in [4.78, 5) is 29.9. The number of nitrogens with zero attached hydrogens (tertiary/aromatic N) is 1. The number of hydrogen-bond acceptors (Lipinski definition) is 5. The van der Waals surface area contributed by atoms with Gasteiger partial charge in [0.2, 0.25) is 0 Å². The van der Waals surface area contributed by atoms with E-state index in [1.807, 2.05) is 24.3 Å². The first-order valence-electron chi connectivity index (χ1n) is 9.28. The number of fused-ring (bicyclic) bond motifs is 2. The van der Waals surface area contributed by atoms with E-state index in [0.717, 1.165) is 41.4 Å². The maximum Gasteiger partial charge on any atom is 0.339 e. The average Bonchev–Trinajstić information content (AvgIpc) is 3.18. The number of rotatable bonds is 5. The van der Waals surface area contributed by atoms with Crippen molar-refractivity contribution >= 4 is 40.1 Å². The summed E-state index contributed by atoms with van der Waals surface area (Å²) in [5.74, 6) is -0.532. The molecule has 0 unspecified atom stereocenters. The highest BCUT2D eigenvalue weighted by atomic mass is 35.5. The van der Waals surface area contributed by atoms with E-state index in [9.17, 15) is 9.59 Å². The molecule has 0 atom stereocenters. The SMILES string of the molecule is COc1ccc(Cl)cc1NC(=O)COC(=O)c1c2c(nc3ccccc13)CCC2.